The monoisotopic (exact) mass is 297 g/mol. The van der Waals surface area contributed by atoms with Gasteiger partial charge in [0.15, 0.2) is 5.71 Å². The van der Waals surface area contributed by atoms with Crippen LogP contribution in [0.2, 0.25) is 0 Å². The van der Waals surface area contributed by atoms with E-state index in [9.17, 15) is 9.59 Å². The maximum atomic E-state index is 11.9. The summed E-state index contributed by atoms with van der Waals surface area (Å²) in [6.07, 6.45) is 1.52. The lowest BCUT2D eigenvalue weighted by molar-refractivity contribution is -0.132. The summed E-state index contributed by atoms with van der Waals surface area (Å²) < 4.78 is 5.74. The molecule has 3 aliphatic heterocycles. The van der Waals surface area contributed by atoms with E-state index in [1.807, 2.05) is 0 Å². The molecule has 116 valence electrons. The Morgan fingerprint density at radius 1 is 1.48 bits per heavy atom. The number of nitrogens with zero attached hydrogens (tertiary/aromatic N) is 2. The number of morpholine rings is 1. The quantitative estimate of drug-likeness (QED) is 0.704. The van der Waals surface area contributed by atoms with Crippen molar-refractivity contribution in [2.24, 2.45) is 5.16 Å². The minimum Gasteiger partial charge on any atom is -0.477 e. The average molecular weight is 297 g/mol. The molecular formula is C13H19N3O5. The van der Waals surface area contributed by atoms with E-state index in [-0.39, 0.29) is 24.1 Å². The second kappa shape index (κ2) is 5.98. The van der Waals surface area contributed by atoms with E-state index in [1.54, 1.807) is 0 Å². The van der Waals surface area contributed by atoms with Crippen molar-refractivity contribution in [3.8, 4) is 0 Å². The first-order chi connectivity index (χ1) is 10.1. The molecule has 21 heavy (non-hydrogen) atoms. The highest BCUT2D eigenvalue weighted by Gasteiger charge is 2.34. The molecule has 0 aromatic rings. The van der Waals surface area contributed by atoms with Crippen LogP contribution in [0.5, 0.6) is 0 Å². The maximum absolute atomic E-state index is 11.9. The molecule has 0 saturated carbocycles. The number of oxime groups is 1. The first kappa shape index (κ1) is 14.3. The molecule has 3 unspecified atom stereocenters. The van der Waals surface area contributed by atoms with Gasteiger partial charge in [0, 0.05) is 25.6 Å². The molecule has 3 rings (SSSR count). The van der Waals surface area contributed by atoms with Gasteiger partial charge in [-0.3, -0.25) is 9.69 Å². The number of hydrogen-bond donors (Lipinski definition) is 2. The van der Waals surface area contributed by atoms with Gasteiger partial charge in [-0.25, -0.2) is 4.79 Å². The fourth-order valence-corrected chi connectivity index (χ4v) is 2.98. The number of carbonyl (C=O) groups excluding carboxylic acids is 1. The topological polar surface area (TPSA) is 100 Å². The molecule has 0 radical (unpaired) electrons. The largest absolute Gasteiger partial charge is 0.477 e. The minimum absolute atomic E-state index is 0.000882. The van der Waals surface area contributed by atoms with E-state index in [2.05, 4.69) is 15.4 Å². The van der Waals surface area contributed by atoms with Gasteiger partial charge in [0.05, 0.1) is 12.7 Å². The van der Waals surface area contributed by atoms with Crippen LogP contribution in [0.15, 0.2) is 5.16 Å². The van der Waals surface area contributed by atoms with E-state index in [1.165, 1.54) is 12.8 Å². The van der Waals surface area contributed by atoms with Crippen molar-refractivity contribution < 1.29 is 24.3 Å². The van der Waals surface area contributed by atoms with Crippen LogP contribution in [0.3, 0.4) is 0 Å². The van der Waals surface area contributed by atoms with Crippen LogP contribution in [0.1, 0.15) is 19.3 Å². The number of fused-ring (bicyclic) bond motifs is 1. The van der Waals surface area contributed by atoms with Crippen molar-refractivity contribution in [2.45, 2.75) is 37.5 Å². The van der Waals surface area contributed by atoms with Crippen molar-refractivity contribution in [1.82, 2.24) is 10.2 Å². The Kier molecular flexibility index (Phi) is 4.07. The van der Waals surface area contributed by atoms with Crippen molar-refractivity contribution in [1.29, 1.82) is 0 Å². The Labute approximate surface area is 122 Å². The van der Waals surface area contributed by atoms with Gasteiger partial charge in [0.25, 0.3) is 5.91 Å². The Bertz CT molecular complexity index is 467. The molecule has 3 heterocycles. The Morgan fingerprint density at radius 3 is 3.10 bits per heavy atom. The van der Waals surface area contributed by atoms with Gasteiger partial charge in [0.2, 0.25) is 6.10 Å². The van der Waals surface area contributed by atoms with E-state index in [0.29, 0.717) is 19.2 Å². The lowest BCUT2D eigenvalue weighted by Crippen LogP contribution is -2.51. The number of carbonyl (C=O) groups is 2. The van der Waals surface area contributed by atoms with Crippen LogP contribution in [0.4, 0.5) is 0 Å². The summed E-state index contributed by atoms with van der Waals surface area (Å²) in [6, 6.07) is 0.529. The Hall–Kier alpha value is -1.67. The summed E-state index contributed by atoms with van der Waals surface area (Å²) in [4.78, 5) is 29.9. The molecule has 8 nitrogen and oxygen atoms in total. The van der Waals surface area contributed by atoms with Crippen molar-refractivity contribution in [3.63, 3.8) is 0 Å². The zero-order valence-corrected chi connectivity index (χ0v) is 11.7. The Balaban J connectivity index is 1.41. The van der Waals surface area contributed by atoms with Gasteiger partial charge in [0.1, 0.15) is 0 Å². The lowest BCUT2D eigenvalue weighted by atomic mass is 10.1. The number of amides is 1. The van der Waals surface area contributed by atoms with Crippen LogP contribution >= 0.6 is 0 Å². The van der Waals surface area contributed by atoms with Gasteiger partial charge in [-0.2, -0.15) is 0 Å². The number of hydrogen-bond acceptors (Lipinski definition) is 6. The molecule has 0 aromatic carbocycles. The number of carboxylic acids is 1. The SMILES string of the molecule is O=C(O)C1=NOC(C(=O)NCC2CN3CCCC3CO2)C1. The van der Waals surface area contributed by atoms with Crippen LogP contribution in [0, 0.1) is 0 Å². The third-order valence-electron chi connectivity index (χ3n) is 4.17. The molecule has 8 heteroatoms. The zero-order chi connectivity index (χ0) is 14.8. The van der Waals surface area contributed by atoms with Crippen LogP contribution in [-0.2, 0) is 19.2 Å². The molecule has 0 aliphatic carbocycles. The van der Waals surface area contributed by atoms with Crippen molar-refractivity contribution in [3.05, 3.63) is 0 Å². The molecule has 0 spiro atoms. The highest BCUT2D eigenvalue weighted by molar-refractivity contribution is 6.36. The highest BCUT2D eigenvalue weighted by Crippen LogP contribution is 2.22. The molecule has 3 aliphatic rings. The summed E-state index contributed by atoms with van der Waals surface area (Å²) in [5, 5.41) is 14.9. The third-order valence-corrected chi connectivity index (χ3v) is 4.17. The highest BCUT2D eigenvalue weighted by atomic mass is 16.6. The second-order valence-electron chi connectivity index (χ2n) is 5.63. The number of ether oxygens (including phenoxy) is 1. The zero-order valence-electron chi connectivity index (χ0n) is 11.7. The van der Waals surface area contributed by atoms with Crippen molar-refractivity contribution in [2.75, 3.05) is 26.2 Å². The fourth-order valence-electron chi connectivity index (χ4n) is 2.98. The molecule has 3 atom stereocenters. The molecule has 0 bridgehead atoms. The predicted octanol–water partition coefficient (Wildman–Crippen LogP) is -0.805. The van der Waals surface area contributed by atoms with Gasteiger partial charge in [-0.15, -0.1) is 0 Å². The summed E-state index contributed by atoms with van der Waals surface area (Å²) in [5.41, 5.74) is -0.121. The first-order valence-electron chi connectivity index (χ1n) is 7.23. The molecular weight excluding hydrogens is 278 g/mol. The van der Waals surface area contributed by atoms with Crippen LogP contribution < -0.4 is 5.32 Å². The van der Waals surface area contributed by atoms with Crippen LogP contribution in [0.25, 0.3) is 0 Å². The Morgan fingerprint density at radius 2 is 2.33 bits per heavy atom. The number of rotatable bonds is 4. The van der Waals surface area contributed by atoms with Gasteiger partial charge >= 0.3 is 5.97 Å². The summed E-state index contributed by atoms with van der Waals surface area (Å²) in [6.45, 7) is 3.05. The van der Waals surface area contributed by atoms with Crippen molar-refractivity contribution >= 4 is 17.6 Å². The fraction of sp³-hybridized carbons (Fsp3) is 0.769. The minimum atomic E-state index is -1.15. The molecule has 1 amide bonds. The molecule has 2 N–H and O–H groups in total. The molecule has 2 saturated heterocycles. The lowest BCUT2D eigenvalue weighted by Gasteiger charge is -2.35. The predicted molar refractivity (Wildman–Crippen MR) is 71.9 cm³/mol. The van der Waals surface area contributed by atoms with E-state index in [4.69, 9.17) is 14.7 Å². The average Bonchev–Trinajstić information content (AvgIpc) is 3.12. The van der Waals surface area contributed by atoms with Gasteiger partial charge in [-0.05, 0) is 19.4 Å². The van der Waals surface area contributed by atoms with E-state index >= 15 is 0 Å². The van der Waals surface area contributed by atoms with Gasteiger partial charge < -0.3 is 20.0 Å². The smallest absolute Gasteiger partial charge is 0.353 e. The standard InChI is InChI=1S/C13H19N3O5/c17-12(11-4-10(13(18)19)15-21-11)14-5-9-6-16-3-1-2-8(16)7-20-9/h8-9,11H,1-7H2,(H,14,17)(H,18,19). The van der Waals surface area contributed by atoms with Gasteiger partial charge in [-0.1, -0.05) is 5.16 Å². The number of nitrogens with one attached hydrogen (secondary N) is 1. The molecule has 2 fully saturated rings. The van der Waals surface area contributed by atoms with E-state index < -0.39 is 12.1 Å². The normalized spacial score (nSPS) is 32.2. The maximum Gasteiger partial charge on any atom is 0.353 e. The summed E-state index contributed by atoms with van der Waals surface area (Å²) >= 11 is 0. The number of carboxylic acid groups (broad SMARTS) is 1. The second-order valence-corrected chi connectivity index (χ2v) is 5.63. The third kappa shape index (κ3) is 3.16. The van der Waals surface area contributed by atoms with Crippen LogP contribution in [-0.4, -0.2) is 72.1 Å². The summed E-state index contributed by atoms with van der Waals surface area (Å²) in [5.74, 6) is -1.50. The summed E-state index contributed by atoms with van der Waals surface area (Å²) in [7, 11) is 0. The number of aliphatic carboxylic acids is 1. The first-order valence-corrected chi connectivity index (χ1v) is 7.23. The van der Waals surface area contributed by atoms with E-state index in [0.717, 1.165) is 13.1 Å². The molecule has 0 aromatic heterocycles.